The minimum Gasteiger partial charge on any atom is -0.355 e. The lowest BCUT2D eigenvalue weighted by molar-refractivity contribution is -0.140. The molecule has 5 saturated carbocycles. The predicted molar refractivity (Wildman–Crippen MR) is 153 cm³/mol. The second-order valence-corrected chi connectivity index (χ2v) is 13.1. The molecule has 5 heteroatoms. The van der Waals surface area contributed by atoms with Crippen molar-refractivity contribution in [3.8, 4) is 11.3 Å². The highest BCUT2D eigenvalue weighted by molar-refractivity contribution is 5.97. The number of benzene rings is 2. The molecule has 2 atom stereocenters. The van der Waals surface area contributed by atoms with Crippen LogP contribution in [0.3, 0.4) is 0 Å². The molecule has 5 fully saturated rings. The van der Waals surface area contributed by atoms with Gasteiger partial charge in [0.15, 0.2) is 0 Å². The van der Waals surface area contributed by atoms with Crippen molar-refractivity contribution in [1.82, 2.24) is 4.98 Å². The van der Waals surface area contributed by atoms with E-state index in [1.54, 1.807) is 0 Å². The van der Waals surface area contributed by atoms with Crippen molar-refractivity contribution < 1.29 is 9.59 Å². The zero-order chi connectivity index (χ0) is 25.9. The van der Waals surface area contributed by atoms with E-state index >= 15 is 0 Å². The lowest BCUT2D eigenvalue weighted by Crippen LogP contribution is -2.51. The van der Waals surface area contributed by atoms with E-state index in [9.17, 15) is 9.59 Å². The molecule has 5 aliphatic carbocycles. The van der Waals surface area contributed by atoms with Gasteiger partial charge in [0.1, 0.15) is 0 Å². The SMILES string of the molecule is CC1CCCCC1C(=O)Nc1ccc2[nH]c(-c3ccc(NC(=O)C45CC6CC(CC(C6)C4)C5)cc3)cc2c1. The number of H-pyrrole nitrogens is 1. The van der Waals surface area contributed by atoms with Gasteiger partial charge < -0.3 is 15.6 Å². The summed E-state index contributed by atoms with van der Waals surface area (Å²) in [6, 6.07) is 16.4. The molecule has 0 aliphatic heterocycles. The number of hydrogen-bond acceptors (Lipinski definition) is 2. The molecule has 0 radical (unpaired) electrons. The van der Waals surface area contributed by atoms with E-state index in [-0.39, 0.29) is 23.1 Å². The fourth-order valence-electron chi connectivity index (χ4n) is 8.69. The molecule has 5 aliphatic rings. The Balaban J connectivity index is 1.03. The summed E-state index contributed by atoms with van der Waals surface area (Å²) >= 11 is 0. The van der Waals surface area contributed by atoms with Gasteiger partial charge >= 0.3 is 0 Å². The number of aromatic nitrogens is 1. The summed E-state index contributed by atoms with van der Waals surface area (Å²) in [7, 11) is 0. The maximum absolute atomic E-state index is 13.4. The Hall–Kier alpha value is -3.08. The Labute approximate surface area is 225 Å². The van der Waals surface area contributed by atoms with Gasteiger partial charge in [-0.25, -0.2) is 0 Å². The van der Waals surface area contributed by atoms with E-state index in [0.717, 1.165) is 89.8 Å². The van der Waals surface area contributed by atoms with Crippen LogP contribution in [0.5, 0.6) is 0 Å². The molecular formula is C33H39N3O2. The number of hydrogen-bond donors (Lipinski definition) is 3. The molecule has 1 heterocycles. The molecule has 1 aromatic heterocycles. The number of carbonyl (C=O) groups excluding carboxylic acids is 2. The van der Waals surface area contributed by atoms with Crippen LogP contribution in [0.25, 0.3) is 22.2 Å². The van der Waals surface area contributed by atoms with Crippen LogP contribution in [-0.2, 0) is 9.59 Å². The Morgan fingerprint density at radius 1 is 0.816 bits per heavy atom. The van der Waals surface area contributed by atoms with Crippen LogP contribution in [0, 0.1) is 35.0 Å². The van der Waals surface area contributed by atoms with E-state index in [1.165, 1.54) is 25.7 Å². The van der Waals surface area contributed by atoms with Gasteiger partial charge in [-0.05, 0) is 117 Å². The van der Waals surface area contributed by atoms with Crippen LogP contribution >= 0.6 is 0 Å². The summed E-state index contributed by atoms with van der Waals surface area (Å²) in [6.45, 7) is 2.20. The third kappa shape index (κ3) is 4.34. The average molecular weight is 510 g/mol. The molecule has 3 N–H and O–H groups in total. The van der Waals surface area contributed by atoms with Crippen LogP contribution in [0.15, 0.2) is 48.5 Å². The summed E-state index contributed by atoms with van der Waals surface area (Å²) in [4.78, 5) is 29.8. The molecule has 2 unspecified atom stereocenters. The van der Waals surface area contributed by atoms with Gasteiger partial charge in [0, 0.05) is 33.9 Å². The zero-order valence-corrected chi connectivity index (χ0v) is 22.4. The van der Waals surface area contributed by atoms with E-state index in [1.807, 2.05) is 24.3 Å². The van der Waals surface area contributed by atoms with Crippen molar-refractivity contribution in [3.05, 3.63) is 48.5 Å². The second kappa shape index (κ2) is 9.29. The van der Waals surface area contributed by atoms with Crippen LogP contribution < -0.4 is 10.6 Å². The van der Waals surface area contributed by atoms with E-state index in [2.05, 4.69) is 46.8 Å². The molecule has 0 spiro atoms. The Morgan fingerprint density at radius 3 is 2.16 bits per heavy atom. The lowest BCUT2D eigenvalue weighted by atomic mass is 9.49. The van der Waals surface area contributed by atoms with Crippen molar-refractivity contribution >= 4 is 34.1 Å². The van der Waals surface area contributed by atoms with Gasteiger partial charge in [0.2, 0.25) is 11.8 Å². The highest BCUT2D eigenvalue weighted by atomic mass is 16.2. The molecule has 3 aromatic rings. The summed E-state index contributed by atoms with van der Waals surface area (Å²) < 4.78 is 0. The van der Waals surface area contributed by atoms with Gasteiger partial charge in [-0.1, -0.05) is 31.9 Å². The maximum Gasteiger partial charge on any atom is 0.230 e. The molecule has 2 aromatic carbocycles. The Kier molecular flexibility index (Phi) is 5.86. The number of amides is 2. The summed E-state index contributed by atoms with van der Waals surface area (Å²) in [5, 5.41) is 7.51. The zero-order valence-electron chi connectivity index (χ0n) is 22.4. The molecule has 5 nitrogen and oxygen atoms in total. The first-order valence-corrected chi connectivity index (χ1v) is 14.8. The third-order valence-electron chi connectivity index (χ3n) is 10.3. The molecule has 198 valence electrons. The molecule has 2 amide bonds. The molecule has 38 heavy (non-hydrogen) atoms. The van der Waals surface area contributed by atoms with Crippen LogP contribution in [0.2, 0.25) is 0 Å². The van der Waals surface area contributed by atoms with Crippen molar-refractivity contribution in [2.75, 3.05) is 10.6 Å². The van der Waals surface area contributed by atoms with Gasteiger partial charge in [-0.3, -0.25) is 9.59 Å². The highest BCUT2D eigenvalue weighted by Crippen LogP contribution is 2.60. The van der Waals surface area contributed by atoms with Crippen LogP contribution in [-0.4, -0.2) is 16.8 Å². The van der Waals surface area contributed by atoms with Gasteiger partial charge in [0.05, 0.1) is 5.41 Å². The maximum atomic E-state index is 13.4. The first-order chi connectivity index (χ1) is 18.4. The summed E-state index contributed by atoms with van der Waals surface area (Å²) in [5.74, 6) is 3.25. The monoisotopic (exact) mass is 509 g/mol. The van der Waals surface area contributed by atoms with Crippen LogP contribution in [0.4, 0.5) is 11.4 Å². The third-order valence-corrected chi connectivity index (χ3v) is 10.3. The van der Waals surface area contributed by atoms with E-state index in [4.69, 9.17) is 0 Å². The highest BCUT2D eigenvalue weighted by Gasteiger charge is 2.54. The number of aromatic amines is 1. The van der Waals surface area contributed by atoms with Crippen molar-refractivity contribution in [2.24, 2.45) is 35.0 Å². The average Bonchev–Trinajstić information content (AvgIpc) is 3.32. The number of anilines is 2. The molecule has 4 bridgehead atoms. The number of carbonyl (C=O) groups is 2. The summed E-state index contributed by atoms with van der Waals surface area (Å²) in [6.07, 6.45) is 11.8. The minimum atomic E-state index is -0.132. The summed E-state index contributed by atoms with van der Waals surface area (Å²) in [5.41, 5.74) is 4.76. The Bertz CT molecular complexity index is 1340. The quantitative estimate of drug-likeness (QED) is 0.329. The first-order valence-electron chi connectivity index (χ1n) is 14.8. The molecule has 0 saturated heterocycles. The number of rotatable bonds is 5. The van der Waals surface area contributed by atoms with E-state index < -0.39 is 0 Å². The van der Waals surface area contributed by atoms with Crippen molar-refractivity contribution in [2.45, 2.75) is 71.1 Å². The second-order valence-electron chi connectivity index (χ2n) is 13.1. The molecule has 8 rings (SSSR count). The lowest BCUT2D eigenvalue weighted by Gasteiger charge is -2.55. The standard InChI is InChI=1S/C33H39N3O2/c1-20-4-2-3-5-28(20)31(37)34-27-10-11-29-25(15-27)16-30(36-29)24-6-8-26(9-7-24)35-32(38)33-17-21-12-22(18-33)14-23(13-21)19-33/h6-11,15-16,20-23,28,36H,2-5,12-14,17-19H2,1H3,(H,34,37)(H,35,38). The van der Waals surface area contributed by atoms with Crippen LogP contribution in [0.1, 0.15) is 71.1 Å². The largest absolute Gasteiger partial charge is 0.355 e. The van der Waals surface area contributed by atoms with Gasteiger partial charge in [0.25, 0.3) is 0 Å². The van der Waals surface area contributed by atoms with Crippen molar-refractivity contribution in [1.29, 1.82) is 0 Å². The Morgan fingerprint density at radius 2 is 1.47 bits per heavy atom. The van der Waals surface area contributed by atoms with E-state index in [0.29, 0.717) is 5.92 Å². The number of nitrogens with one attached hydrogen (secondary N) is 3. The van der Waals surface area contributed by atoms with Gasteiger partial charge in [-0.2, -0.15) is 0 Å². The van der Waals surface area contributed by atoms with Crippen molar-refractivity contribution in [3.63, 3.8) is 0 Å². The topological polar surface area (TPSA) is 74.0 Å². The van der Waals surface area contributed by atoms with Gasteiger partial charge in [-0.15, -0.1) is 0 Å². The first kappa shape index (κ1) is 24.0. The normalized spacial score (nSPS) is 31.9. The minimum absolute atomic E-state index is 0.114. The fourth-order valence-corrected chi connectivity index (χ4v) is 8.69. The number of fused-ring (bicyclic) bond motifs is 1. The predicted octanol–water partition coefficient (Wildman–Crippen LogP) is 7.75. The molecular weight excluding hydrogens is 470 g/mol. The smallest absolute Gasteiger partial charge is 0.230 e. The fraction of sp³-hybridized carbons (Fsp3) is 0.515.